The van der Waals surface area contributed by atoms with Crippen molar-refractivity contribution >= 4 is 0 Å². The molecule has 0 saturated carbocycles. The van der Waals surface area contributed by atoms with E-state index in [0.717, 1.165) is 12.8 Å². The summed E-state index contributed by atoms with van der Waals surface area (Å²) in [7, 11) is 0. The molecular weight excluding hydrogens is 76.1 g/mol. The smallest absolute Gasteiger partial charge is 0.210 e. The van der Waals surface area contributed by atoms with E-state index in [2.05, 4.69) is 5.11 Å². The number of aliphatic hydroxyl groups excluding tert-OH is 1. The summed E-state index contributed by atoms with van der Waals surface area (Å²) in [5.74, 6) is 0. The highest BCUT2D eigenvalue weighted by atomic mass is 16.3. The Kier molecular flexibility index (Phi) is 2.18. The highest BCUT2D eigenvalue weighted by Gasteiger charge is 1.90. The Morgan fingerprint density at radius 3 is 2.17 bits per heavy atom. The van der Waals surface area contributed by atoms with Gasteiger partial charge in [-0.05, 0) is 12.8 Å². The molecule has 0 unspecified atom stereocenters. The zero-order valence-electron chi connectivity index (χ0n) is 5.40. The fraction of sp³-hybridized carbons (Fsp3) is 1.00. The summed E-state index contributed by atoms with van der Waals surface area (Å²) in [6.07, 6.45) is 2.04. The van der Waals surface area contributed by atoms with Gasteiger partial charge in [-0.2, -0.15) is 0 Å². The molecule has 0 aromatic heterocycles. The Bertz CT molecular complexity index is 29.6. The van der Waals surface area contributed by atoms with Crippen LogP contribution in [0.3, 0.4) is 0 Å². The summed E-state index contributed by atoms with van der Waals surface area (Å²) in [5.41, 5.74) is 0. The van der Waals surface area contributed by atoms with Crippen molar-refractivity contribution in [1.29, 1.82) is 1.43 Å². The largest absolute Gasteiger partial charge is 0.393 e. The lowest BCUT2D eigenvalue weighted by atomic mass is 10.2. The van der Waals surface area contributed by atoms with Gasteiger partial charge in [0.05, 0.1) is 6.10 Å². The van der Waals surface area contributed by atoms with Gasteiger partial charge >= 0.3 is 0 Å². The molecule has 0 heterocycles. The second kappa shape index (κ2) is 3.16. The topological polar surface area (TPSA) is 20.2 Å². The minimum absolute atomic E-state index is 0.153. The van der Waals surface area contributed by atoms with Gasteiger partial charge in [0, 0.05) is 0 Å². The van der Waals surface area contributed by atoms with Gasteiger partial charge in [-0.3, -0.25) is 0 Å². The lowest BCUT2D eigenvalue weighted by molar-refractivity contribution is 0.166. The van der Waals surface area contributed by atoms with Crippen molar-refractivity contribution in [2.45, 2.75) is 32.8 Å². The van der Waals surface area contributed by atoms with Gasteiger partial charge in [0.15, 0.2) is 0 Å². The Balaban J connectivity index is 2.99. The first-order chi connectivity index (χ1) is 3.35. The van der Waals surface area contributed by atoms with Gasteiger partial charge in [-0.25, -0.2) is 0 Å². The van der Waals surface area contributed by atoms with Crippen LogP contribution in [0.25, 0.3) is 0 Å². The zero-order valence-corrected chi connectivity index (χ0v) is 4.40. The highest BCUT2D eigenvalue weighted by Crippen LogP contribution is 1.91. The van der Waals surface area contributed by atoms with E-state index in [1.165, 1.54) is 0 Å². The minimum atomic E-state index is 0.153. The molecule has 0 spiro atoms. The molecule has 1 nitrogen and oxygen atoms in total. The van der Waals surface area contributed by atoms with Crippen molar-refractivity contribution in [3.63, 3.8) is 0 Å². The van der Waals surface area contributed by atoms with Crippen LogP contribution >= 0.6 is 0 Å². The molecule has 0 aliphatic heterocycles. The van der Waals surface area contributed by atoms with E-state index in [9.17, 15) is 0 Å². The Labute approximate surface area is 40.5 Å². The highest BCUT2D eigenvalue weighted by molar-refractivity contribution is 4.43. The predicted molar refractivity (Wildman–Crippen MR) is 26.6 cm³/mol. The van der Waals surface area contributed by atoms with Crippen LogP contribution in [0.5, 0.6) is 0 Å². The molecule has 6 heavy (non-hydrogen) atoms. The molecule has 0 amide bonds. The minimum Gasteiger partial charge on any atom is -0.393 e. The zero-order chi connectivity index (χ0) is 5.70. The van der Waals surface area contributed by atoms with Crippen molar-refractivity contribution in [2.75, 3.05) is 0 Å². The lowest BCUT2D eigenvalue weighted by Gasteiger charge is -1.98. The number of rotatable bonds is 3. The predicted octanol–water partition coefficient (Wildman–Crippen LogP) is 1.17. The van der Waals surface area contributed by atoms with E-state index in [1.54, 1.807) is 0 Å². The van der Waals surface area contributed by atoms with E-state index in [1.807, 2.05) is 13.8 Å². The van der Waals surface area contributed by atoms with Crippen LogP contribution in [0.2, 0.25) is 0 Å². The third-order valence-electron chi connectivity index (χ3n) is 0.911. The first kappa shape index (κ1) is 4.13. The van der Waals surface area contributed by atoms with Gasteiger partial charge in [-0.15, -0.1) is 0 Å². The molecule has 1 heteroatoms. The Morgan fingerprint density at radius 1 is 1.67 bits per heavy atom. The monoisotopic (exact) mass is 89.1 g/mol. The third kappa shape index (κ3) is 2.21. The maximum atomic E-state index is 6.46. The molecular formula is C5H12O. The quantitative estimate of drug-likeness (QED) is 0.550. The van der Waals surface area contributed by atoms with E-state index in [4.69, 9.17) is 1.43 Å². The van der Waals surface area contributed by atoms with Crippen LogP contribution < -0.4 is 0 Å². The van der Waals surface area contributed by atoms with Gasteiger partial charge in [-0.1, -0.05) is 13.8 Å². The summed E-state index contributed by atoms with van der Waals surface area (Å²) < 4.78 is 6.46. The molecule has 0 saturated heterocycles. The molecule has 0 aromatic rings. The Hall–Kier alpha value is -0.0400. The second-order valence-corrected chi connectivity index (χ2v) is 1.44. The molecule has 0 aromatic carbocycles. The first-order valence-electron chi connectivity index (χ1n) is 2.87. The lowest BCUT2D eigenvalue weighted by Crippen LogP contribution is -1.99. The number of hydrogen-bond acceptors (Lipinski definition) is 1. The van der Waals surface area contributed by atoms with Gasteiger partial charge < -0.3 is 5.11 Å². The van der Waals surface area contributed by atoms with E-state index >= 15 is 0 Å². The van der Waals surface area contributed by atoms with E-state index in [-0.39, 0.29) is 6.10 Å². The van der Waals surface area contributed by atoms with Gasteiger partial charge in [0.1, 0.15) is 0 Å². The van der Waals surface area contributed by atoms with Crippen LogP contribution in [0.1, 0.15) is 26.7 Å². The molecule has 0 fully saturated rings. The normalized spacial score (nSPS) is 12.2. The first-order valence-corrected chi connectivity index (χ1v) is 2.47. The van der Waals surface area contributed by atoms with Crippen molar-refractivity contribution in [2.24, 2.45) is 0 Å². The van der Waals surface area contributed by atoms with Crippen LogP contribution in [-0.2, 0) is 0 Å². The maximum Gasteiger partial charge on any atom is 0.210 e. The summed E-state index contributed by atoms with van der Waals surface area (Å²) >= 11 is 0. The molecule has 0 atom stereocenters. The van der Waals surface area contributed by atoms with Crippen molar-refractivity contribution in [3.05, 3.63) is 0 Å². The molecule has 0 aliphatic rings. The standard InChI is InChI=1S/C5H12O/c1-3-5(6)4-2/h5-6H,3-4H2,1-2H3/i6D. The van der Waals surface area contributed by atoms with Crippen LogP contribution in [-0.4, -0.2) is 12.6 Å². The molecule has 0 bridgehead atoms. The number of hydrogen-bond donors (Lipinski definition) is 1. The van der Waals surface area contributed by atoms with Gasteiger partial charge in [0.2, 0.25) is 1.43 Å². The summed E-state index contributed by atoms with van der Waals surface area (Å²) in [5, 5.41) is 4.30. The van der Waals surface area contributed by atoms with Crippen LogP contribution in [0, 0.1) is 0 Å². The van der Waals surface area contributed by atoms with Crippen molar-refractivity contribution in [1.82, 2.24) is 0 Å². The summed E-state index contributed by atoms with van der Waals surface area (Å²) in [4.78, 5) is 0. The van der Waals surface area contributed by atoms with Crippen molar-refractivity contribution < 1.29 is 5.11 Å². The summed E-state index contributed by atoms with van der Waals surface area (Å²) in [6, 6.07) is 0. The van der Waals surface area contributed by atoms with E-state index < -0.39 is 0 Å². The fourth-order valence-electron chi connectivity index (χ4n) is 0.289. The van der Waals surface area contributed by atoms with Crippen LogP contribution in [0.15, 0.2) is 0 Å². The van der Waals surface area contributed by atoms with Crippen molar-refractivity contribution in [3.8, 4) is 0 Å². The molecule has 38 valence electrons. The maximum absolute atomic E-state index is 6.46. The fourth-order valence-corrected chi connectivity index (χ4v) is 0.289. The third-order valence-corrected chi connectivity index (χ3v) is 0.911. The molecule has 0 rings (SSSR count). The second-order valence-electron chi connectivity index (χ2n) is 1.44. The molecule has 0 radical (unpaired) electrons. The average molecular weight is 89.2 g/mol. The average Bonchev–Trinajstić information content (AvgIpc) is 1.72. The molecule has 0 aliphatic carbocycles. The summed E-state index contributed by atoms with van der Waals surface area (Å²) in [6.45, 7) is 4.03. The molecule has 1 N–H and O–H groups in total. The van der Waals surface area contributed by atoms with Gasteiger partial charge in [0.25, 0.3) is 0 Å². The number of aliphatic hydroxyl groups is 1. The van der Waals surface area contributed by atoms with Crippen LogP contribution in [0.4, 0.5) is 0 Å². The Morgan fingerprint density at radius 2 is 2.17 bits per heavy atom. The van der Waals surface area contributed by atoms with E-state index in [0.29, 0.717) is 0 Å². The SMILES string of the molecule is [2H]OC(CC)CC.